The molecule has 1 aliphatic carbocycles. The maximum absolute atomic E-state index is 5.93. The van der Waals surface area contributed by atoms with Gasteiger partial charge in [0.05, 0.1) is 5.69 Å². The fourth-order valence-electron chi connectivity index (χ4n) is 2.22. The molecule has 1 aliphatic rings. The first kappa shape index (κ1) is 10.5. The quantitative estimate of drug-likeness (QED) is 0.815. The normalized spacial score (nSPS) is 19.1. The molecule has 2 N–H and O–H groups in total. The predicted octanol–water partition coefficient (Wildman–Crippen LogP) is 2.47. The van der Waals surface area contributed by atoms with E-state index in [0.29, 0.717) is 0 Å². The number of benzene rings is 1. The van der Waals surface area contributed by atoms with E-state index in [9.17, 15) is 0 Å². The number of nitrogens with two attached hydrogens (primary N) is 1. The van der Waals surface area contributed by atoms with E-state index in [0.717, 1.165) is 42.2 Å². The van der Waals surface area contributed by atoms with Crippen molar-refractivity contribution < 1.29 is 4.42 Å². The van der Waals surface area contributed by atoms with Crippen LogP contribution in [0, 0.1) is 6.92 Å². The standard InChI is InChI=1S/C14H16N2O/c1-9-2-4-10(5-3-9)14-16-12-7-6-11(15)8-13(12)17-14/h2-5,11H,6-8,15H2,1H3. The SMILES string of the molecule is Cc1ccc(-c2nc3c(o2)CC(N)CC3)cc1. The minimum atomic E-state index is 0.223. The van der Waals surface area contributed by atoms with E-state index in [2.05, 4.69) is 24.0 Å². The van der Waals surface area contributed by atoms with Crippen molar-refractivity contribution in [3.05, 3.63) is 41.3 Å². The number of hydrogen-bond acceptors (Lipinski definition) is 3. The van der Waals surface area contributed by atoms with Gasteiger partial charge in [-0.3, -0.25) is 0 Å². The lowest BCUT2D eigenvalue weighted by Crippen LogP contribution is -2.27. The Hall–Kier alpha value is -1.61. The van der Waals surface area contributed by atoms with E-state index in [1.54, 1.807) is 0 Å². The fourth-order valence-corrected chi connectivity index (χ4v) is 2.22. The van der Waals surface area contributed by atoms with Crippen molar-refractivity contribution in [1.29, 1.82) is 0 Å². The van der Waals surface area contributed by atoms with Gasteiger partial charge in [0.25, 0.3) is 0 Å². The summed E-state index contributed by atoms with van der Waals surface area (Å²) in [5.41, 5.74) is 9.30. The predicted molar refractivity (Wildman–Crippen MR) is 66.7 cm³/mol. The number of rotatable bonds is 1. The van der Waals surface area contributed by atoms with Gasteiger partial charge in [0.1, 0.15) is 5.76 Å². The Morgan fingerprint density at radius 2 is 2.06 bits per heavy atom. The summed E-state index contributed by atoms with van der Waals surface area (Å²) in [6.45, 7) is 2.07. The summed E-state index contributed by atoms with van der Waals surface area (Å²) in [6.07, 6.45) is 2.76. The molecule has 17 heavy (non-hydrogen) atoms. The molecule has 0 radical (unpaired) electrons. The highest BCUT2D eigenvalue weighted by atomic mass is 16.4. The molecule has 1 aromatic heterocycles. The van der Waals surface area contributed by atoms with Crippen LogP contribution in [0.3, 0.4) is 0 Å². The molecule has 1 unspecified atom stereocenters. The second-order valence-electron chi connectivity index (χ2n) is 4.76. The van der Waals surface area contributed by atoms with Crippen LogP contribution in [0.15, 0.2) is 28.7 Å². The van der Waals surface area contributed by atoms with Crippen molar-refractivity contribution in [3.63, 3.8) is 0 Å². The molecule has 3 nitrogen and oxygen atoms in total. The minimum absolute atomic E-state index is 0.223. The first-order chi connectivity index (χ1) is 8.22. The molecule has 0 bridgehead atoms. The third kappa shape index (κ3) is 1.98. The monoisotopic (exact) mass is 228 g/mol. The van der Waals surface area contributed by atoms with Crippen LogP contribution < -0.4 is 5.73 Å². The van der Waals surface area contributed by atoms with Gasteiger partial charge in [0.15, 0.2) is 0 Å². The first-order valence-corrected chi connectivity index (χ1v) is 6.03. The summed E-state index contributed by atoms with van der Waals surface area (Å²) in [6, 6.07) is 8.47. The highest BCUT2D eigenvalue weighted by Crippen LogP contribution is 2.27. The number of aromatic nitrogens is 1. The van der Waals surface area contributed by atoms with E-state index in [-0.39, 0.29) is 6.04 Å². The molecule has 1 aromatic carbocycles. The lowest BCUT2D eigenvalue weighted by atomic mass is 9.98. The summed E-state index contributed by atoms with van der Waals surface area (Å²) < 4.78 is 5.81. The molecule has 0 spiro atoms. The van der Waals surface area contributed by atoms with Crippen LogP contribution in [-0.4, -0.2) is 11.0 Å². The zero-order valence-corrected chi connectivity index (χ0v) is 9.94. The zero-order chi connectivity index (χ0) is 11.8. The van der Waals surface area contributed by atoms with Crippen molar-refractivity contribution in [2.75, 3.05) is 0 Å². The highest BCUT2D eigenvalue weighted by molar-refractivity contribution is 5.54. The minimum Gasteiger partial charge on any atom is -0.441 e. The summed E-state index contributed by atoms with van der Waals surface area (Å²) >= 11 is 0. The van der Waals surface area contributed by atoms with Crippen LogP contribution in [0.25, 0.3) is 11.5 Å². The summed E-state index contributed by atoms with van der Waals surface area (Å²) in [7, 11) is 0. The van der Waals surface area contributed by atoms with Gasteiger partial charge in [-0.15, -0.1) is 0 Å². The third-order valence-corrected chi connectivity index (χ3v) is 3.28. The maximum atomic E-state index is 5.93. The molecule has 0 amide bonds. The second-order valence-corrected chi connectivity index (χ2v) is 4.76. The Kier molecular flexibility index (Phi) is 2.48. The number of nitrogens with zero attached hydrogens (tertiary/aromatic N) is 1. The van der Waals surface area contributed by atoms with E-state index in [1.165, 1.54) is 5.56 Å². The Bertz CT molecular complexity index is 528. The first-order valence-electron chi connectivity index (χ1n) is 6.03. The number of hydrogen-bond donors (Lipinski definition) is 1. The molecule has 0 fully saturated rings. The molecule has 1 atom stereocenters. The number of fused-ring (bicyclic) bond motifs is 1. The Morgan fingerprint density at radius 1 is 1.29 bits per heavy atom. The smallest absolute Gasteiger partial charge is 0.226 e. The van der Waals surface area contributed by atoms with E-state index in [4.69, 9.17) is 10.2 Å². The van der Waals surface area contributed by atoms with Crippen LogP contribution in [0.4, 0.5) is 0 Å². The molecule has 0 saturated carbocycles. The van der Waals surface area contributed by atoms with Gasteiger partial charge in [-0.1, -0.05) is 17.7 Å². The van der Waals surface area contributed by atoms with Crippen molar-refractivity contribution in [2.45, 2.75) is 32.2 Å². The van der Waals surface area contributed by atoms with Gasteiger partial charge >= 0.3 is 0 Å². The Morgan fingerprint density at radius 3 is 2.82 bits per heavy atom. The fraction of sp³-hybridized carbons (Fsp3) is 0.357. The van der Waals surface area contributed by atoms with Crippen LogP contribution in [0.5, 0.6) is 0 Å². The molecule has 0 aliphatic heterocycles. The van der Waals surface area contributed by atoms with E-state index < -0.39 is 0 Å². The van der Waals surface area contributed by atoms with Gasteiger partial charge in [-0.2, -0.15) is 0 Å². The maximum Gasteiger partial charge on any atom is 0.226 e. The van der Waals surface area contributed by atoms with Gasteiger partial charge in [-0.05, 0) is 31.9 Å². The van der Waals surface area contributed by atoms with Gasteiger partial charge in [0, 0.05) is 18.0 Å². The van der Waals surface area contributed by atoms with E-state index in [1.807, 2.05) is 12.1 Å². The lowest BCUT2D eigenvalue weighted by Gasteiger charge is -2.14. The molecule has 3 rings (SSSR count). The third-order valence-electron chi connectivity index (χ3n) is 3.28. The molecular weight excluding hydrogens is 212 g/mol. The molecule has 3 heteroatoms. The largest absolute Gasteiger partial charge is 0.441 e. The molecular formula is C14H16N2O. The Balaban J connectivity index is 1.97. The molecule has 88 valence electrons. The number of oxazole rings is 1. The Labute approximate surface area is 101 Å². The topological polar surface area (TPSA) is 52.0 Å². The van der Waals surface area contributed by atoms with Crippen molar-refractivity contribution in [3.8, 4) is 11.5 Å². The van der Waals surface area contributed by atoms with Gasteiger partial charge in [0.2, 0.25) is 5.89 Å². The summed E-state index contributed by atoms with van der Waals surface area (Å²) in [4.78, 5) is 4.56. The van der Waals surface area contributed by atoms with E-state index >= 15 is 0 Å². The van der Waals surface area contributed by atoms with Crippen molar-refractivity contribution in [1.82, 2.24) is 4.98 Å². The second kappa shape index (κ2) is 4.00. The van der Waals surface area contributed by atoms with Crippen molar-refractivity contribution >= 4 is 0 Å². The highest BCUT2D eigenvalue weighted by Gasteiger charge is 2.22. The molecule has 2 aromatic rings. The molecule has 0 saturated heterocycles. The average molecular weight is 228 g/mol. The summed E-state index contributed by atoms with van der Waals surface area (Å²) in [5.74, 6) is 1.70. The van der Waals surface area contributed by atoms with Crippen LogP contribution in [0.1, 0.15) is 23.4 Å². The van der Waals surface area contributed by atoms with Gasteiger partial charge in [-0.25, -0.2) is 4.98 Å². The molecule has 1 heterocycles. The van der Waals surface area contributed by atoms with Crippen molar-refractivity contribution in [2.24, 2.45) is 5.73 Å². The van der Waals surface area contributed by atoms with Gasteiger partial charge < -0.3 is 10.2 Å². The summed E-state index contributed by atoms with van der Waals surface area (Å²) in [5, 5.41) is 0. The van der Waals surface area contributed by atoms with Crippen LogP contribution >= 0.6 is 0 Å². The zero-order valence-electron chi connectivity index (χ0n) is 9.94. The van der Waals surface area contributed by atoms with Crippen LogP contribution in [-0.2, 0) is 12.8 Å². The average Bonchev–Trinajstić information content (AvgIpc) is 2.72. The van der Waals surface area contributed by atoms with Crippen LogP contribution in [0.2, 0.25) is 0 Å². The lowest BCUT2D eigenvalue weighted by molar-refractivity contribution is 0.457. The number of aryl methyl sites for hydroxylation is 2.